The Morgan fingerprint density at radius 2 is 2.04 bits per heavy atom. The average Bonchev–Trinajstić information content (AvgIpc) is 2.84. The molecule has 0 bridgehead atoms. The summed E-state index contributed by atoms with van der Waals surface area (Å²) in [5, 5.41) is 3.95. The van der Waals surface area contributed by atoms with Crippen molar-refractivity contribution in [2.45, 2.75) is 6.42 Å². The summed E-state index contributed by atoms with van der Waals surface area (Å²) in [4.78, 5) is 33.2. The number of pyridine rings is 2. The molecule has 1 amide bonds. The molecule has 0 aromatic carbocycles. The van der Waals surface area contributed by atoms with E-state index >= 15 is 0 Å². The maximum Gasteiger partial charge on any atom is 0.256 e. The Morgan fingerprint density at radius 1 is 1.21 bits per heavy atom. The number of hydrogen-bond acceptors (Lipinski definition) is 4. The first-order chi connectivity index (χ1) is 11.5. The van der Waals surface area contributed by atoms with Crippen molar-refractivity contribution in [3.8, 4) is 0 Å². The van der Waals surface area contributed by atoms with Gasteiger partial charge in [0.2, 0.25) is 0 Å². The molecule has 0 unspecified atom stereocenters. The number of aryl methyl sites for hydroxylation is 1. The van der Waals surface area contributed by atoms with E-state index in [2.05, 4.69) is 15.3 Å². The summed E-state index contributed by atoms with van der Waals surface area (Å²) < 4.78 is 1.98. The van der Waals surface area contributed by atoms with Gasteiger partial charge in [0.1, 0.15) is 17.3 Å². The van der Waals surface area contributed by atoms with Gasteiger partial charge in [-0.25, -0.2) is 4.98 Å². The molecule has 0 spiro atoms. The van der Waals surface area contributed by atoms with Gasteiger partial charge in [-0.3, -0.25) is 9.59 Å². The Hall–Kier alpha value is -3.09. The number of nitrogens with one attached hydrogen (secondary N) is 2. The van der Waals surface area contributed by atoms with Gasteiger partial charge in [0.25, 0.3) is 5.91 Å². The molecular weight excluding hydrogens is 306 g/mol. The van der Waals surface area contributed by atoms with Crippen LogP contribution < -0.4 is 10.7 Å². The lowest BCUT2D eigenvalue weighted by Gasteiger charge is -2.23. The van der Waals surface area contributed by atoms with Gasteiger partial charge >= 0.3 is 0 Å². The highest BCUT2D eigenvalue weighted by molar-refractivity contribution is 6.08. The predicted octanol–water partition coefficient (Wildman–Crippen LogP) is 1.63. The molecule has 0 atom stereocenters. The average molecular weight is 323 g/mol. The number of carbonyl (C=O) groups excluding carboxylic acids is 1. The largest absolute Gasteiger partial charge is 0.348 e. The molecule has 1 aliphatic rings. The Bertz CT molecular complexity index is 1020. The second-order valence-electron chi connectivity index (χ2n) is 5.99. The minimum Gasteiger partial charge on any atom is -0.348 e. The fourth-order valence-electron chi connectivity index (χ4n) is 3.17. The molecule has 0 saturated carbocycles. The van der Waals surface area contributed by atoms with Crippen molar-refractivity contribution in [3.63, 3.8) is 0 Å². The summed E-state index contributed by atoms with van der Waals surface area (Å²) in [5.41, 5.74) is 2.44. The fourth-order valence-corrected chi connectivity index (χ4v) is 3.17. The van der Waals surface area contributed by atoms with Crippen molar-refractivity contribution >= 4 is 28.6 Å². The molecule has 0 radical (unpaired) electrons. The number of nitrogens with zero attached hydrogens (tertiary/aromatic N) is 3. The van der Waals surface area contributed by atoms with Crippen molar-refractivity contribution in [1.29, 1.82) is 0 Å². The van der Waals surface area contributed by atoms with Gasteiger partial charge < -0.3 is 19.8 Å². The number of rotatable bonds is 2. The minimum atomic E-state index is -0.0831. The van der Waals surface area contributed by atoms with Gasteiger partial charge in [0.15, 0.2) is 5.43 Å². The number of H-pyrrole nitrogens is 1. The third kappa shape index (κ3) is 2.17. The van der Waals surface area contributed by atoms with Crippen molar-refractivity contribution in [3.05, 3.63) is 51.9 Å². The molecule has 4 rings (SSSR count). The lowest BCUT2D eigenvalue weighted by Crippen LogP contribution is -2.34. The van der Waals surface area contributed by atoms with Crippen LogP contribution in [0.4, 0.5) is 11.6 Å². The Labute approximate surface area is 137 Å². The van der Waals surface area contributed by atoms with E-state index in [-0.39, 0.29) is 11.3 Å². The summed E-state index contributed by atoms with van der Waals surface area (Å²) in [5.74, 6) is 1.23. The van der Waals surface area contributed by atoms with Crippen LogP contribution in [0.25, 0.3) is 11.0 Å². The molecule has 4 heterocycles. The van der Waals surface area contributed by atoms with Gasteiger partial charge in [-0.1, -0.05) is 0 Å². The van der Waals surface area contributed by atoms with Crippen LogP contribution in [-0.4, -0.2) is 38.9 Å². The monoisotopic (exact) mass is 323 g/mol. The number of aromatic amines is 1. The topological polar surface area (TPSA) is 83.0 Å². The van der Waals surface area contributed by atoms with E-state index < -0.39 is 0 Å². The molecule has 122 valence electrons. The Balaban J connectivity index is 1.81. The molecule has 7 nitrogen and oxygen atoms in total. The van der Waals surface area contributed by atoms with Gasteiger partial charge in [0, 0.05) is 56.5 Å². The number of likely N-dealkylation sites (N-methyl/N-ethyl adjacent to an activating group) is 1. The molecular formula is C17H17N5O2. The highest BCUT2D eigenvalue weighted by atomic mass is 16.2. The fraction of sp³-hybridized carbons (Fsp3) is 0.235. The van der Waals surface area contributed by atoms with Crippen LogP contribution in [0.3, 0.4) is 0 Å². The number of fused-ring (bicyclic) bond motifs is 3. The first-order valence-corrected chi connectivity index (χ1v) is 7.74. The van der Waals surface area contributed by atoms with E-state index in [1.165, 1.54) is 12.1 Å². The SMILES string of the molecule is CN1CCc2c(c3ccc(Nc4cc(=O)cc[nH]4)nc3n2C)C1=O. The molecule has 0 aliphatic carbocycles. The van der Waals surface area contributed by atoms with Gasteiger partial charge in [-0.15, -0.1) is 0 Å². The normalized spacial score (nSPS) is 14.1. The standard InChI is InChI=1S/C17H17N5O2/c1-21-8-6-12-15(17(21)24)11-3-4-13(20-16(11)22(12)2)19-14-9-10(23)5-7-18-14/h3-5,7,9H,6,8H2,1-2H3,(H2,18,19,20,23). The van der Waals surface area contributed by atoms with E-state index in [1.807, 2.05) is 30.8 Å². The molecule has 2 N–H and O–H groups in total. The lowest BCUT2D eigenvalue weighted by atomic mass is 10.1. The molecule has 24 heavy (non-hydrogen) atoms. The van der Waals surface area contributed by atoms with Gasteiger partial charge in [-0.05, 0) is 12.1 Å². The molecule has 3 aromatic heterocycles. The second-order valence-corrected chi connectivity index (χ2v) is 5.99. The van der Waals surface area contributed by atoms with Crippen molar-refractivity contribution in [1.82, 2.24) is 19.4 Å². The summed E-state index contributed by atoms with van der Waals surface area (Å²) in [7, 11) is 3.75. The number of amides is 1. The van der Waals surface area contributed by atoms with Crippen LogP contribution in [0.5, 0.6) is 0 Å². The highest BCUT2D eigenvalue weighted by Gasteiger charge is 2.28. The quantitative estimate of drug-likeness (QED) is 0.751. The van der Waals surface area contributed by atoms with Gasteiger partial charge in [-0.2, -0.15) is 0 Å². The summed E-state index contributed by atoms with van der Waals surface area (Å²) >= 11 is 0. The first kappa shape index (κ1) is 14.5. The number of aromatic nitrogens is 3. The van der Waals surface area contributed by atoms with E-state index in [0.29, 0.717) is 18.2 Å². The number of carbonyl (C=O) groups is 1. The third-order valence-corrected chi connectivity index (χ3v) is 4.44. The maximum atomic E-state index is 12.5. The predicted molar refractivity (Wildman–Crippen MR) is 91.7 cm³/mol. The lowest BCUT2D eigenvalue weighted by molar-refractivity contribution is 0.0781. The second kappa shape index (κ2) is 5.23. The smallest absolute Gasteiger partial charge is 0.256 e. The summed E-state index contributed by atoms with van der Waals surface area (Å²) in [6.45, 7) is 0.715. The Morgan fingerprint density at radius 3 is 2.83 bits per heavy atom. The summed E-state index contributed by atoms with van der Waals surface area (Å²) in [6.07, 6.45) is 2.40. The van der Waals surface area contributed by atoms with Crippen molar-refractivity contribution in [2.75, 3.05) is 18.9 Å². The van der Waals surface area contributed by atoms with Crippen molar-refractivity contribution < 1.29 is 4.79 Å². The zero-order chi connectivity index (χ0) is 16.8. The van der Waals surface area contributed by atoms with E-state index in [9.17, 15) is 9.59 Å². The van der Waals surface area contributed by atoms with Crippen LogP contribution in [0.2, 0.25) is 0 Å². The van der Waals surface area contributed by atoms with Crippen LogP contribution >= 0.6 is 0 Å². The molecule has 3 aromatic rings. The molecule has 0 fully saturated rings. The first-order valence-electron chi connectivity index (χ1n) is 7.74. The zero-order valence-electron chi connectivity index (χ0n) is 13.5. The van der Waals surface area contributed by atoms with Crippen LogP contribution in [0.1, 0.15) is 16.1 Å². The zero-order valence-corrected chi connectivity index (χ0v) is 13.5. The van der Waals surface area contributed by atoms with E-state index in [1.54, 1.807) is 11.1 Å². The van der Waals surface area contributed by atoms with E-state index in [4.69, 9.17) is 0 Å². The van der Waals surface area contributed by atoms with Crippen LogP contribution in [-0.2, 0) is 13.5 Å². The molecule has 7 heteroatoms. The number of hydrogen-bond donors (Lipinski definition) is 2. The highest BCUT2D eigenvalue weighted by Crippen LogP contribution is 2.30. The van der Waals surface area contributed by atoms with Crippen LogP contribution in [0.15, 0.2) is 35.3 Å². The van der Waals surface area contributed by atoms with Crippen molar-refractivity contribution in [2.24, 2.45) is 7.05 Å². The third-order valence-electron chi connectivity index (χ3n) is 4.44. The minimum absolute atomic E-state index is 0.0387. The Kier molecular flexibility index (Phi) is 3.16. The molecule has 0 saturated heterocycles. The maximum absolute atomic E-state index is 12.5. The van der Waals surface area contributed by atoms with Gasteiger partial charge in [0.05, 0.1) is 5.56 Å². The van der Waals surface area contributed by atoms with E-state index in [0.717, 1.165) is 28.7 Å². The van der Waals surface area contributed by atoms with Crippen LogP contribution in [0, 0.1) is 0 Å². The number of anilines is 2. The molecule has 1 aliphatic heterocycles. The summed E-state index contributed by atoms with van der Waals surface area (Å²) in [6, 6.07) is 6.65.